The average Bonchev–Trinajstić information content (AvgIpc) is 3.36. The third-order valence-corrected chi connectivity index (χ3v) is 7.20. The summed E-state index contributed by atoms with van der Waals surface area (Å²) in [6.45, 7) is 0. The van der Waals surface area contributed by atoms with E-state index in [2.05, 4.69) is 0 Å². The topological polar surface area (TPSA) is 77.5 Å². The summed E-state index contributed by atoms with van der Waals surface area (Å²) < 4.78 is 5.39. The SMILES string of the molecule is O=CC1(C(=O)OC(=O)C2(C=O)Cc3cccc4cccc2c34)Cc2cccc3cccc1c23. The average molecular weight is 434 g/mol. The Hall–Kier alpha value is -4.12. The van der Waals surface area contributed by atoms with E-state index < -0.39 is 22.8 Å². The Kier molecular flexibility index (Phi) is 3.96. The van der Waals surface area contributed by atoms with Crippen molar-refractivity contribution in [2.75, 3.05) is 0 Å². The van der Waals surface area contributed by atoms with Gasteiger partial charge in [0.05, 0.1) is 0 Å². The van der Waals surface area contributed by atoms with Crippen molar-refractivity contribution in [3.8, 4) is 0 Å². The Morgan fingerprint density at radius 3 is 1.42 bits per heavy atom. The van der Waals surface area contributed by atoms with E-state index in [0.29, 0.717) is 23.7 Å². The highest BCUT2D eigenvalue weighted by Crippen LogP contribution is 2.45. The summed E-state index contributed by atoms with van der Waals surface area (Å²) in [7, 11) is 0. The summed E-state index contributed by atoms with van der Waals surface area (Å²) in [5, 5.41) is 3.49. The van der Waals surface area contributed by atoms with Crippen molar-refractivity contribution in [3.05, 3.63) is 95.1 Å². The number of carbonyl (C=O) groups is 4. The first-order valence-electron chi connectivity index (χ1n) is 10.8. The molecule has 0 aliphatic heterocycles. The van der Waals surface area contributed by atoms with Gasteiger partial charge in [-0.1, -0.05) is 72.8 Å². The molecule has 5 nitrogen and oxygen atoms in total. The van der Waals surface area contributed by atoms with E-state index in [1.165, 1.54) is 0 Å². The van der Waals surface area contributed by atoms with Gasteiger partial charge in [-0.25, -0.2) is 0 Å². The third kappa shape index (κ3) is 2.42. The maximum atomic E-state index is 13.5. The fourth-order valence-corrected chi connectivity index (χ4v) is 5.60. The van der Waals surface area contributed by atoms with Crippen LogP contribution in [-0.2, 0) is 47.6 Å². The Morgan fingerprint density at radius 1 is 0.636 bits per heavy atom. The van der Waals surface area contributed by atoms with Crippen LogP contribution in [0.3, 0.4) is 0 Å². The lowest BCUT2D eigenvalue weighted by Gasteiger charge is -2.25. The fraction of sp³-hybridized carbons (Fsp3) is 0.143. The molecule has 2 atom stereocenters. The Labute approximate surface area is 189 Å². The van der Waals surface area contributed by atoms with Crippen molar-refractivity contribution in [1.29, 1.82) is 0 Å². The van der Waals surface area contributed by atoms with Gasteiger partial charge in [-0.3, -0.25) is 9.59 Å². The first-order chi connectivity index (χ1) is 16.0. The van der Waals surface area contributed by atoms with Gasteiger partial charge in [-0.15, -0.1) is 0 Å². The van der Waals surface area contributed by atoms with E-state index in [4.69, 9.17) is 4.74 Å². The molecule has 0 bridgehead atoms. The van der Waals surface area contributed by atoms with Gasteiger partial charge in [-0.05, 0) is 43.8 Å². The molecule has 0 aromatic heterocycles. The molecule has 2 unspecified atom stereocenters. The van der Waals surface area contributed by atoms with Gasteiger partial charge in [0, 0.05) is 12.8 Å². The monoisotopic (exact) mass is 434 g/mol. The normalized spacial score (nSPS) is 22.4. The van der Waals surface area contributed by atoms with Gasteiger partial charge in [-0.2, -0.15) is 0 Å². The molecule has 0 saturated heterocycles. The van der Waals surface area contributed by atoms with Crippen LogP contribution in [0.1, 0.15) is 22.3 Å². The van der Waals surface area contributed by atoms with Gasteiger partial charge in [0.1, 0.15) is 12.6 Å². The molecule has 2 aliphatic carbocycles. The highest BCUT2D eigenvalue weighted by molar-refractivity contribution is 6.15. The second-order valence-corrected chi connectivity index (χ2v) is 8.85. The van der Waals surface area contributed by atoms with Gasteiger partial charge in [0.2, 0.25) is 0 Å². The van der Waals surface area contributed by atoms with E-state index in [0.717, 1.165) is 32.7 Å². The largest absolute Gasteiger partial charge is 0.391 e. The first kappa shape index (κ1) is 19.6. The van der Waals surface area contributed by atoms with Gasteiger partial charge in [0.15, 0.2) is 10.8 Å². The molecular formula is C28H18O5. The fourth-order valence-electron chi connectivity index (χ4n) is 5.60. The predicted octanol–water partition coefficient (Wildman–Crippen LogP) is 3.75. The summed E-state index contributed by atoms with van der Waals surface area (Å²) in [6, 6.07) is 22.1. The number of esters is 2. The molecular weight excluding hydrogens is 416 g/mol. The maximum Gasteiger partial charge on any atom is 0.331 e. The number of rotatable bonds is 4. The van der Waals surface area contributed by atoms with Crippen LogP contribution in [0.25, 0.3) is 21.5 Å². The maximum absolute atomic E-state index is 13.5. The van der Waals surface area contributed by atoms with Crippen LogP contribution in [0, 0.1) is 0 Å². The lowest BCUT2D eigenvalue weighted by molar-refractivity contribution is -0.167. The molecule has 6 rings (SSSR count). The van der Waals surface area contributed by atoms with Crippen molar-refractivity contribution < 1.29 is 23.9 Å². The summed E-state index contributed by atoms with van der Waals surface area (Å²) in [6.07, 6.45) is 1.36. The molecule has 5 heteroatoms. The molecule has 4 aromatic rings. The molecule has 4 aromatic carbocycles. The standard InChI is InChI=1S/C28H18O5/c29-15-27(13-19-9-1-5-17-7-3-11-21(27)23(17)19)25(31)33-26(32)28(16-30)14-20-10-2-6-18-8-4-12-22(28)24(18)20/h1-12,15-16H,13-14H2. The van der Waals surface area contributed by atoms with Gasteiger partial charge >= 0.3 is 11.9 Å². The molecule has 160 valence electrons. The zero-order valence-corrected chi connectivity index (χ0v) is 17.5. The predicted molar refractivity (Wildman–Crippen MR) is 122 cm³/mol. The van der Waals surface area contributed by atoms with Gasteiger partial charge < -0.3 is 14.3 Å². The number of ether oxygens (including phenoxy) is 1. The molecule has 0 fully saturated rings. The summed E-state index contributed by atoms with van der Waals surface area (Å²) in [4.78, 5) is 51.7. The summed E-state index contributed by atoms with van der Waals surface area (Å²) in [5.74, 6) is -1.90. The molecule has 33 heavy (non-hydrogen) atoms. The van der Waals surface area contributed by atoms with Crippen molar-refractivity contribution in [2.24, 2.45) is 0 Å². The Bertz CT molecular complexity index is 1410. The number of hydrogen-bond donors (Lipinski definition) is 0. The van der Waals surface area contributed by atoms with E-state index in [1.54, 1.807) is 24.3 Å². The van der Waals surface area contributed by atoms with Crippen LogP contribution >= 0.6 is 0 Å². The van der Waals surface area contributed by atoms with E-state index >= 15 is 0 Å². The number of aldehydes is 2. The van der Waals surface area contributed by atoms with Crippen molar-refractivity contribution >= 4 is 46.1 Å². The number of carbonyl (C=O) groups excluding carboxylic acids is 4. The molecule has 2 aliphatic rings. The summed E-state index contributed by atoms with van der Waals surface area (Å²) in [5.41, 5.74) is -0.493. The molecule has 0 amide bonds. The molecule has 0 spiro atoms. The van der Waals surface area contributed by atoms with Crippen LogP contribution in [-0.4, -0.2) is 24.5 Å². The highest BCUT2D eigenvalue weighted by atomic mass is 16.6. The second-order valence-electron chi connectivity index (χ2n) is 8.85. The Morgan fingerprint density at radius 2 is 1.03 bits per heavy atom. The summed E-state index contributed by atoms with van der Waals surface area (Å²) >= 11 is 0. The minimum atomic E-state index is -1.62. The van der Waals surface area contributed by atoms with Crippen LogP contribution in [0.15, 0.2) is 72.8 Å². The second kappa shape index (κ2) is 6.69. The third-order valence-electron chi connectivity index (χ3n) is 7.20. The molecule has 0 saturated carbocycles. The Balaban J connectivity index is 1.41. The van der Waals surface area contributed by atoms with Gasteiger partial charge in [0.25, 0.3) is 0 Å². The van der Waals surface area contributed by atoms with Crippen molar-refractivity contribution in [3.63, 3.8) is 0 Å². The van der Waals surface area contributed by atoms with E-state index in [-0.39, 0.29) is 12.8 Å². The zero-order valence-electron chi connectivity index (χ0n) is 17.5. The van der Waals surface area contributed by atoms with Crippen LogP contribution in [0.4, 0.5) is 0 Å². The highest BCUT2D eigenvalue weighted by Gasteiger charge is 2.53. The van der Waals surface area contributed by atoms with Crippen molar-refractivity contribution in [1.82, 2.24) is 0 Å². The minimum Gasteiger partial charge on any atom is -0.391 e. The van der Waals surface area contributed by atoms with E-state index in [1.807, 2.05) is 48.5 Å². The number of benzene rings is 4. The van der Waals surface area contributed by atoms with Crippen LogP contribution in [0.5, 0.6) is 0 Å². The van der Waals surface area contributed by atoms with Crippen molar-refractivity contribution in [2.45, 2.75) is 23.7 Å². The molecule has 0 radical (unpaired) electrons. The quantitative estimate of drug-likeness (QED) is 0.278. The minimum absolute atomic E-state index is 0.114. The smallest absolute Gasteiger partial charge is 0.331 e. The van der Waals surface area contributed by atoms with E-state index in [9.17, 15) is 19.2 Å². The lowest BCUT2D eigenvalue weighted by Crippen LogP contribution is -2.45. The van der Waals surface area contributed by atoms with Crippen LogP contribution < -0.4 is 0 Å². The van der Waals surface area contributed by atoms with Crippen LogP contribution in [0.2, 0.25) is 0 Å². The lowest BCUT2D eigenvalue weighted by atomic mass is 9.81. The first-order valence-corrected chi connectivity index (χ1v) is 10.8. The molecule has 0 heterocycles. The number of hydrogen-bond acceptors (Lipinski definition) is 5. The molecule has 0 N–H and O–H groups in total. The zero-order chi connectivity index (χ0) is 22.8.